The molecule has 0 amide bonds. The van der Waals surface area contributed by atoms with E-state index in [1.807, 2.05) is 25.9 Å². The van der Waals surface area contributed by atoms with E-state index in [1.54, 1.807) is 24.3 Å². The zero-order valence-electron chi connectivity index (χ0n) is 11.1. The number of likely N-dealkylation sites (N-methyl/N-ethyl adjacent to an activating group) is 1. The van der Waals surface area contributed by atoms with Gasteiger partial charge in [-0.2, -0.15) is 0 Å². The van der Waals surface area contributed by atoms with Crippen LogP contribution >= 0.6 is 0 Å². The molecule has 0 aliphatic heterocycles. The molecule has 0 aliphatic rings. The van der Waals surface area contributed by atoms with Crippen molar-refractivity contribution in [2.75, 3.05) is 26.4 Å². The number of nitrogens with two attached hydrogens (primary N) is 1. The monoisotopic (exact) mass is 271 g/mol. The molecule has 0 aliphatic carbocycles. The van der Waals surface area contributed by atoms with Crippen LogP contribution in [-0.4, -0.2) is 40.0 Å². The van der Waals surface area contributed by atoms with E-state index in [0.29, 0.717) is 12.2 Å². The maximum Gasteiger partial charge on any atom is 0.215 e. The fraction of sp³-hybridized carbons (Fsp3) is 0.500. The Morgan fingerprint density at radius 3 is 2.33 bits per heavy atom. The van der Waals surface area contributed by atoms with Crippen LogP contribution in [0.3, 0.4) is 0 Å². The number of anilines is 1. The summed E-state index contributed by atoms with van der Waals surface area (Å²) in [5.74, 6) is -0.0204. The Kier molecular flexibility index (Phi) is 5.13. The van der Waals surface area contributed by atoms with Crippen molar-refractivity contribution in [2.45, 2.75) is 18.7 Å². The van der Waals surface area contributed by atoms with Crippen molar-refractivity contribution in [2.24, 2.45) is 0 Å². The predicted molar refractivity (Wildman–Crippen MR) is 74.6 cm³/mol. The molecule has 0 saturated heterocycles. The standard InChI is InChI=1S/C12H21N3O2S/c1-10(15(2)3)8-14-18(16,17)9-11-4-6-12(13)7-5-11/h4-7,10,14H,8-9,13H2,1-3H3. The minimum Gasteiger partial charge on any atom is -0.399 e. The number of hydrogen-bond donors (Lipinski definition) is 2. The Balaban J connectivity index is 2.57. The van der Waals surface area contributed by atoms with E-state index < -0.39 is 10.0 Å². The van der Waals surface area contributed by atoms with Gasteiger partial charge in [-0.05, 0) is 38.7 Å². The summed E-state index contributed by atoms with van der Waals surface area (Å²) in [5.41, 5.74) is 6.91. The summed E-state index contributed by atoms with van der Waals surface area (Å²) >= 11 is 0. The van der Waals surface area contributed by atoms with E-state index in [1.165, 1.54) is 0 Å². The van der Waals surface area contributed by atoms with E-state index in [0.717, 1.165) is 5.56 Å². The summed E-state index contributed by atoms with van der Waals surface area (Å²) in [6.07, 6.45) is 0. The molecule has 0 saturated carbocycles. The highest BCUT2D eigenvalue weighted by Crippen LogP contribution is 2.08. The van der Waals surface area contributed by atoms with E-state index in [2.05, 4.69) is 4.72 Å². The molecule has 0 radical (unpaired) electrons. The molecule has 0 bridgehead atoms. The van der Waals surface area contributed by atoms with Gasteiger partial charge in [-0.3, -0.25) is 0 Å². The van der Waals surface area contributed by atoms with Crippen LogP contribution in [0.25, 0.3) is 0 Å². The van der Waals surface area contributed by atoms with Gasteiger partial charge in [0.1, 0.15) is 0 Å². The fourth-order valence-electron chi connectivity index (χ4n) is 1.31. The van der Waals surface area contributed by atoms with Crippen LogP contribution in [-0.2, 0) is 15.8 Å². The maximum atomic E-state index is 11.9. The lowest BCUT2D eigenvalue weighted by molar-refractivity contribution is 0.314. The van der Waals surface area contributed by atoms with Crippen molar-refractivity contribution in [3.63, 3.8) is 0 Å². The first-order valence-electron chi connectivity index (χ1n) is 5.78. The number of nitrogens with one attached hydrogen (secondary N) is 1. The highest BCUT2D eigenvalue weighted by atomic mass is 32.2. The molecule has 0 heterocycles. The topological polar surface area (TPSA) is 75.4 Å². The van der Waals surface area contributed by atoms with E-state index in [9.17, 15) is 8.42 Å². The normalized spacial score (nSPS) is 13.8. The Morgan fingerprint density at radius 1 is 1.28 bits per heavy atom. The minimum atomic E-state index is -3.29. The highest BCUT2D eigenvalue weighted by molar-refractivity contribution is 7.88. The Labute approximate surface area is 109 Å². The van der Waals surface area contributed by atoms with Crippen molar-refractivity contribution < 1.29 is 8.42 Å². The molecule has 1 rings (SSSR count). The Bertz CT molecular complexity index is 469. The number of sulfonamides is 1. The third-order valence-electron chi connectivity index (χ3n) is 2.82. The molecule has 1 unspecified atom stereocenters. The summed E-state index contributed by atoms with van der Waals surface area (Å²) in [4.78, 5) is 1.96. The number of nitrogen functional groups attached to an aromatic ring is 1. The lowest BCUT2D eigenvalue weighted by Crippen LogP contribution is -2.38. The van der Waals surface area contributed by atoms with Gasteiger partial charge in [-0.15, -0.1) is 0 Å². The number of hydrogen-bond acceptors (Lipinski definition) is 4. The van der Waals surface area contributed by atoms with Gasteiger partial charge in [-0.1, -0.05) is 12.1 Å². The third-order valence-corrected chi connectivity index (χ3v) is 4.14. The van der Waals surface area contributed by atoms with Gasteiger partial charge in [-0.25, -0.2) is 13.1 Å². The molecule has 18 heavy (non-hydrogen) atoms. The molecular weight excluding hydrogens is 250 g/mol. The fourth-order valence-corrected chi connectivity index (χ4v) is 2.54. The van der Waals surface area contributed by atoms with Crippen molar-refractivity contribution >= 4 is 15.7 Å². The van der Waals surface area contributed by atoms with E-state index in [-0.39, 0.29) is 11.8 Å². The second-order valence-corrected chi connectivity index (χ2v) is 6.47. The third kappa shape index (κ3) is 5.03. The highest BCUT2D eigenvalue weighted by Gasteiger charge is 2.13. The predicted octanol–water partition coefficient (Wildman–Crippen LogP) is 0.638. The second-order valence-electron chi connectivity index (χ2n) is 4.66. The summed E-state index contributed by atoms with van der Waals surface area (Å²) in [6.45, 7) is 2.37. The zero-order chi connectivity index (χ0) is 13.8. The Hall–Kier alpha value is -1.11. The molecule has 0 spiro atoms. The lowest BCUT2D eigenvalue weighted by atomic mass is 10.2. The van der Waals surface area contributed by atoms with Crippen LogP contribution in [0.15, 0.2) is 24.3 Å². The molecule has 1 atom stereocenters. The van der Waals surface area contributed by atoms with Crippen LogP contribution in [0.5, 0.6) is 0 Å². The summed E-state index contributed by atoms with van der Waals surface area (Å²) in [7, 11) is 0.538. The van der Waals surface area contributed by atoms with Crippen LogP contribution in [0.2, 0.25) is 0 Å². The molecule has 6 heteroatoms. The molecule has 5 nitrogen and oxygen atoms in total. The van der Waals surface area contributed by atoms with E-state index >= 15 is 0 Å². The first-order valence-corrected chi connectivity index (χ1v) is 7.43. The van der Waals surface area contributed by atoms with Crippen LogP contribution in [0.1, 0.15) is 12.5 Å². The minimum absolute atomic E-state index is 0.0204. The van der Waals surface area contributed by atoms with Gasteiger partial charge in [0.25, 0.3) is 0 Å². The zero-order valence-corrected chi connectivity index (χ0v) is 11.9. The molecule has 102 valence electrons. The van der Waals surface area contributed by atoms with Crippen LogP contribution < -0.4 is 10.5 Å². The number of benzene rings is 1. The smallest absolute Gasteiger partial charge is 0.215 e. The first kappa shape index (κ1) is 14.9. The van der Waals surface area contributed by atoms with Gasteiger partial charge in [0.15, 0.2) is 0 Å². The molecule has 3 N–H and O–H groups in total. The molecule has 1 aromatic rings. The van der Waals surface area contributed by atoms with Gasteiger partial charge in [0.2, 0.25) is 10.0 Å². The first-order chi connectivity index (χ1) is 8.30. The Morgan fingerprint density at radius 2 is 1.83 bits per heavy atom. The van der Waals surface area contributed by atoms with Gasteiger partial charge in [0, 0.05) is 18.3 Å². The SMILES string of the molecule is CC(CNS(=O)(=O)Cc1ccc(N)cc1)N(C)C. The van der Waals surface area contributed by atoms with Crippen molar-refractivity contribution in [1.29, 1.82) is 0 Å². The summed E-state index contributed by atoms with van der Waals surface area (Å²) in [5, 5.41) is 0. The molecular formula is C12H21N3O2S. The van der Waals surface area contributed by atoms with Crippen molar-refractivity contribution in [1.82, 2.24) is 9.62 Å². The van der Waals surface area contributed by atoms with Crippen molar-refractivity contribution in [3.8, 4) is 0 Å². The largest absolute Gasteiger partial charge is 0.399 e. The van der Waals surface area contributed by atoms with Crippen LogP contribution in [0, 0.1) is 0 Å². The number of nitrogens with zero attached hydrogens (tertiary/aromatic N) is 1. The van der Waals surface area contributed by atoms with Crippen LogP contribution in [0.4, 0.5) is 5.69 Å². The molecule has 1 aromatic carbocycles. The van der Waals surface area contributed by atoms with Gasteiger partial charge < -0.3 is 10.6 Å². The lowest BCUT2D eigenvalue weighted by Gasteiger charge is -2.19. The van der Waals surface area contributed by atoms with E-state index in [4.69, 9.17) is 5.73 Å². The summed E-state index contributed by atoms with van der Waals surface area (Å²) < 4.78 is 26.3. The maximum absolute atomic E-state index is 11.9. The summed E-state index contributed by atoms with van der Waals surface area (Å²) in [6, 6.07) is 7.01. The number of rotatable bonds is 6. The van der Waals surface area contributed by atoms with Gasteiger partial charge >= 0.3 is 0 Å². The van der Waals surface area contributed by atoms with Gasteiger partial charge in [0.05, 0.1) is 5.75 Å². The molecule has 0 aromatic heterocycles. The average Bonchev–Trinajstić information content (AvgIpc) is 2.29. The molecule has 0 fully saturated rings. The second kappa shape index (κ2) is 6.17. The van der Waals surface area contributed by atoms with Crippen molar-refractivity contribution in [3.05, 3.63) is 29.8 Å². The average molecular weight is 271 g/mol. The quantitative estimate of drug-likeness (QED) is 0.745.